The van der Waals surface area contributed by atoms with Crippen LogP contribution in [0.3, 0.4) is 0 Å². The minimum atomic E-state index is -0.771. The molecule has 0 amide bonds. The molecule has 1 aliphatic carbocycles. The number of nitrogens with zero attached hydrogens (tertiary/aromatic N) is 2. The summed E-state index contributed by atoms with van der Waals surface area (Å²) in [6, 6.07) is 1.82. The number of aromatic nitrogens is 2. The Morgan fingerprint density at radius 2 is 2.00 bits per heavy atom. The standard InChI is InChI=1S/C12H20N4O2/c1-2-13-10-5-11(14-6-9(18)7-17)16-12(15-10)8-3-4-8/h5,8-9,17-18H,2-4,6-7H2,1H3,(H2,13,14,15,16). The van der Waals surface area contributed by atoms with Crippen molar-refractivity contribution in [3.05, 3.63) is 11.9 Å². The van der Waals surface area contributed by atoms with Crippen LogP contribution in [-0.2, 0) is 0 Å². The van der Waals surface area contributed by atoms with Gasteiger partial charge < -0.3 is 20.8 Å². The van der Waals surface area contributed by atoms with Crippen LogP contribution in [0.15, 0.2) is 6.07 Å². The molecule has 0 bridgehead atoms. The van der Waals surface area contributed by atoms with E-state index < -0.39 is 6.10 Å². The molecule has 1 aliphatic rings. The minimum absolute atomic E-state index is 0.256. The van der Waals surface area contributed by atoms with Crippen molar-refractivity contribution in [2.45, 2.75) is 31.8 Å². The number of aliphatic hydroxyl groups is 2. The molecule has 0 aromatic carbocycles. The largest absolute Gasteiger partial charge is 0.394 e. The SMILES string of the molecule is CCNc1cc(NCC(O)CO)nc(C2CC2)n1. The van der Waals surface area contributed by atoms with Gasteiger partial charge in [-0.3, -0.25) is 0 Å². The highest BCUT2D eigenvalue weighted by Crippen LogP contribution is 2.38. The lowest BCUT2D eigenvalue weighted by Crippen LogP contribution is -2.23. The smallest absolute Gasteiger partial charge is 0.136 e. The first kappa shape index (κ1) is 13.0. The van der Waals surface area contributed by atoms with Crippen LogP contribution in [0.1, 0.15) is 31.5 Å². The normalized spacial score (nSPS) is 16.4. The van der Waals surface area contributed by atoms with Crippen molar-refractivity contribution in [1.82, 2.24) is 9.97 Å². The predicted octanol–water partition coefficient (Wildman–Crippen LogP) is 0.551. The summed E-state index contributed by atoms with van der Waals surface area (Å²) in [5, 5.41) is 24.3. The van der Waals surface area contributed by atoms with Crippen LogP contribution in [0.5, 0.6) is 0 Å². The highest BCUT2D eigenvalue weighted by Gasteiger charge is 2.27. The monoisotopic (exact) mass is 252 g/mol. The summed E-state index contributed by atoms with van der Waals surface area (Å²) in [6.07, 6.45) is 1.52. The molecular formula is C12H20N4O2. The Morgan fingerprint density at radius 1 is 1.33 bits per heavy atom. The number of hydrogen-bond donors (Lipinski definition) is 4. The average molecular weight is 252 g/mol. The van der Waals surface area contributed by atoms with E-state index >= 15 is 0 Å². The third-order valence-electron chi connectivity index (χ3n) is 2.77. The summed E-state index contributed by atoms with van der Waals surface area (Å²) in [6.45, 7) is 2.85. The average Bonchev–Trinajstić information content (AvgIpc) is 3.20. The van der Waals surface area contributed by atoms with Crippen molar-refractivity contribution in [1.29, 1.82) is 0 Å². The van der Waals surface area contributed by atoms with Crippen molar-refractivity contribution >= 4 is 11.6 Å². The van der Waals surface area contributed by atoms with E-state index in [0.717, 1.165) is 31.0 Å². The number of hydrogen-bond acceptors (Lipinski definition) is 6. The van der Waals surface area contributed by atoms with Crippen LogP contribution in [0, 0.1) is 0 Å². The second-order valence-electron chi connectivity index (χ2n) is 4.52. The van der Waals surface area contributed by atoms with E-state index in [-0.39, 0.29) is 13.2 Å². The fourth-order valence-corrected chi connectivity index (χ4v) is 1.64. The first-order valence-corrected chi connectivity index (χ1v) is 6.38. The lowest BCUT2D eigenvalue weighted by molar-refractivity contribution is 0.105. The maximum absolute atomic E-state index is 9.31. The molecular weight excluding hydrogens is 232 g/mol. The molecule has 6 heteroatoms. The molecule has 2 rings (SSSR count). The summed E-state index contributed by atoms with van der Waals surface area (Å²) in [5.74, 6) is 2.83. The van der Waals surface area contributed by atoms with Gasteiger partial charge in [0.2, 0.25) is 0 Å². The number of aliphatic hydroxyl groups excluding tert-OH is 2. The molecule has 4 N–H and O–H groups in total. The van der Waals surface area contributed by atoms with E-state index in [1.54, 1.807) is 0 Å². The van der Waals surface area contributed by atoms with E-state index in [1.807, 2.05) is 13.0 Å². The lowest BCUT2D eigenvalue weighted by atomic mass is 10.3. The molecule has 0 aliphatic heterocycles. The van der Waals surface area contributed by atoms with Gasteiger partial charge in [0, 0.05) is 25.1 Å². The van der Waals surface area contributed by atoms with Crippen LogP contribution in [0.4, 0.5) is 11.6 Å². The second-order valence-corrected chi connectivity index (χ2v) is 4.52. The maximum atomic E-state index is 9.31. The summed E-state index contributed by atoms with van der Waals surface area (Å²) in [4.78, 5) is 8.89. The molecule has 0 saturated heterocycles. The van der Waals surface area contributed by atoms with Gasteiger partial charge in [0.05, 0.1) is 12.7 Å². The Bertz CT molecular complexity index is 396. The molecule has 1 aromatic rings. The van der Waals surface area contributed by atoms with Gasteiger partial charge in [0.25, 0.3) is 0 Å². The third-order valence-corrected chi connectivity index (χ3v) is 2.77. The van der Waals surface area contributed by atoms with Crippen molar-refractivity contribution in [2.75, 3.05) is 30.3 Å². The molecule has 0 spiro atoms. The molecule has 1 fully saturated rings. The Labute approximate surface area is 106 Å². The third kappa shape index (κ3) is 3.54. The van der Waals surface area contributed by atoms with Crippen LogP contribution in [0.2, 0.25) is 0 Å². The van der Waals surface area contributed by atoms with Crippen LogP contribution < -0.4 is 10.6 Å². The molecule has 1 unspecified atom stereocenters. The minimum Gasteiger partial charge on any atom is -0.394 e. The summed E-state index contributed by atoms with van der Waals surface area (Å²) in [7, 11) is 0. The molecule has 1 aromatic heterocycles. The summed E-state index contributed by atoms with van der Waals surface area (Å²) in [5.41, 5.74) is 0. The number of anilines is 2. The van der Waals surface area contributed by atoms with Crippen molar-refractivity contribution in [3.63, 3.8) is 0 Å². The van der Waals surface area contributed by atoms with E-state index in [9.17, 15) is 5.11 Å². The van der Waals surface area contributed by atoms with E-state index in [2.05, 4.69) is 20.6 Å². The van der Waals surface area contributed by atoms with Gasteiger partial charge >= 0.3 is 0 Å². The first-order valence-electron chi connectivity index (χ1n) is 6.38. The molecule has 18 heavy (non-hydrogen) atoms. The molecule has 6 nitrogen and oxygen atoms in total. The fourth-order valence-electron chi connectivity index (χ4n) is 1.64. The van der Waals surface area contributed by atoms with Gasteiger partial charge in [-0.25, -0.2) is 9.97 Å². The predicted molar refractivity (Wildman–Crippen MR) is 69.8 cm³/mol. The van der Waals surface area contributed by atoms with Crippen LogP contribution >= 0.6 is 0 Å². The molecule has 100 valence electrons. The van der Waals surface area contributed by atoms with Gasteiger partial charge in [-0.1, -0.05) is 0 Å². The highest BCUT2D eigenvalue weighted by atomic mass is 16.3. The highest BCUT2D eigenvalue weighted by molar-refractivity contribution is 5.48. The van der Waals surface area contributed by atoms with Crippen molar-refractivity contribution in [3.8, 4) is 0 Å². The zero-order chi connectivity index (χ0) is 13.0. The summed E-state index contributed by atoms with van der Waals surface area (Å²) >= 11 is 0. The van der Waals surface area contributed by atoms with Crippen molar-refractivity contribution in [2.24, 2.45) is 0 Å². The van der Waals surface area contributed by atoms with Gasteiger partial charge in [-0.2, -0.15) is 0 Å². The van der Waals surface area contributed by atoms with Gasteiger partial charge in [0.15, 0.2) is 0 Å². The Hall–Kier alpha value is -1.40. The van der Waals surface area contributed by atoms with Gasteiger partial charge in [0.1, 0.15) is 17.5 Å². The topological polar surface area (TPSA) is 90.3 Å². The number of nitrogens with one attached hydrogen (secondary N) is 2. The Morgan fingerprint density at radius 3 is 2.56 bits per heavy atom. The number of rotatable bonds is 7. The fraction of sp³-hybridized carbons (Fsp3) is 0.667. The second kappa shape index (κ2) is 5.97. The summed E-state index contributed by atoms with van der Waals surface area (Å²) < 4.78 is 0. The maximum Gasteiger partial charge on any atom is 0.136 e. The van der Waals surface area contributed by atoms with E-state index in [1.165, 1.54) is 0 Å². The first-order chi connectivity index (χ1) is 8.72. The quantitative estimate of drug-likeness (QED) is 0.566. The zero-order valence-electron chi connectivity index (χ0n) is 10.6. The Balaban J connectivity index is 2.07. The van der Waals surface area contributed by atoms with Gasteiger partial charge in [-0.05, 0) is 19.8 Å². The Kier molecular flexibility index (Phi) is 4.33. The molecule has 0 radical (unpaired) electrons. The molecule has 1 saturated carbocycles. The van der Waals surface area contributed by atoms with Crippen molar-refractivity contribution < 1.29 is 10.2 Å². The van der Waals surface area contributed by atoms with Crippen LogP contribution in [0.25, 0.3) is 0 Å². The van der Waals surface area contributed by atoms with E-state index in [4.69, 9.17) is 5.11 Å². The lowest BCUT2D eigenvalue weighted by Gasteiger charge is -2.12. The van der Waals surface area contributed by atoms with E-state index in [0.29, 0.717) is 11.7 Å². The van der Waals surface area contributed by atoms with Crippen LogP contribution in [-0.4, -0.2) is 46.0 Å². The zero-order valence-corrected chi connectivity index (χ0v) is 10.6. The van der Waals surface area contributed by atoms with Gasteiger partial charge in [-0.15, -0.1) is 0 Å². The molecule has 1 heterocycles. The molecule has 1 atom stereocenters.